The molecule has 1 unspecified atom stereocenters. The summed E-state index contributed by atoms with van der Waals surface area (Å²) in [4.78, 5) is 23.8. The quantitative estimate of drug-likeness (QED) is 0.850. The standard InChI is InChI=1S/C18H21NO4/c1-17(2,3)23-16(22)19-18(4,11-20)15-13-8-6-5-7-12(13)9-10-14(15)21/h5-11,21H,1-4H3,(H,19,22). The van der Waals surface area contributed by atoms with E-state index in [2.05, 4.69) is 5.32 Å². The van der Waals surface area contributed by atoms with Crippen molar-refractivity contribution in [3.63, 3.8) is 0 Å². The Kier molecular flexibility index (Phi) is 4.32. The third kappa shape index (κ3) is 3.62. The molecule has 5 heteroatoms. The summed E-state index contributed by atoms with van der Waals surface area (Å²) in [6.45, 7) is 6.74. The van der Waals surface area contributed by atoms with E-state index in [-0.39, 0.29) is 5.75 Å². The van der Waals surface area contributed by atoms with Crippen LogP contribution in [0, 0.1) is 0 Å². The molecule has 2 N–H and O–H groups in total. The Labute approximate surface area is 135 Å². The van der Waals surface area contributed by atoms with Crippen molar-refractivity contribution in [3.05, 3.63) is 42.0 Å². The van der Waals surface area contributed by atoms with E-state index < -0.39 is 17.2 Å². The topological polar surface area (TPSA) is 75.6 Å². The van der Waals surface area contributed by atoms with Gasteiger partial charge in [0, 0.05) is 5.56 Å². The summed E-state index contributed by atoms with van der Waals surface area (Å²) in [6, 6.07) is 10.6. The van der Waals surface area contributed by atoms with Gasteiger partial charge in [-0.2, -0.15) is 0 Å². The molecule has 2 aromatic rings. The van der Waals surface area contributed by atoms with Crippen LogP contribution < -0.4 is 5.32 Å². The van der Waals surface area contributed by atoms with Crippen LogP contribution in [0.1, 0.15) is 33.3 Å². The molecule has 1 atom stereocenters. The SMILES string of the molecule is CC(C)(C)OC(=O)NC(C)(C=O)c1c(O)ccc2ccccc12. The smallest absolute Gasteiger partial charge is 0.408 e. The first-order chi connectivity index (χ1) is 10.7. The Hall–Kier alpha value is -2.56. The molecule has 2 rings (SSSR count). The van der Waals surface area contributed by atoms with Crippen molar-refractivity contribution in [2.45, 2.75) is 38.8 Å². The molecular formula is C18H21NO4. The number of phenolic OH excluding ortho intramolecular Hbond substituents is 1. The van der Waals surface area contributed by atoms with Crippen molar-refractivity contribution in [3.8, 4) is 5.75 Å². The van der Waals surface area contributed by atoms with E-state index in [9.17, 15) is 14.7 Å². The van der Waals surface area contributed by atoms with E-state index in [4.69, 9.17) is 4.74 Å². The number of aldehydes is 1. The highest BCUT2D eigenvalue weighted by molar-refractivity contribution is 5.93. The molecule has 0 aliphatic carbocycles. The van der Waals surface area contributed by atoms with Gasteiger partial charge in [0.2, 0.25) is 0 Å². The van der Waals surface area contributed by atoms with Crippen molar-refractivity contribution in [2.24, 2.45) is 0 Å². The molecule has 23 heavy (non-hydrogen) atoms. The molecule has 0 radical (unpaired) electrons. The maximum absolute atomic E-state index is 12.1. The first-order valence-electron chi connectivity index (χ1n) is 7.35. The molecule has 2 aromatic carbocycles. The van der Waals surface area contributed by atoms with Crippen molar-refractivity contribution in [1.29, 1.82) is 0 Å². The van der Waals surface area contributed by atoms with Crippen LogP contribution in [-0.2, 0) is 15.1 Å². The van der Waals surface area contributed by atoms with E-state index in [0.29, 0.717) is 17.2 Å². The van der Waals surface area contributed by atoms with E-state index in [0.717, 1.165) is 5.39 Å². The number of hydrogen-bond donors (Lipinski definition) is 2. The highest BCUT2D eigenvalue weighted by atomic mass is 16.6. The number of ether oxygens (including phenoxy) is 1. The Morgan fingerprint density at radius 3 is 2.39 bits per heavy atom. The Bertz CT molecular complexity index is 748. The van der Waals surface area contributed by atoms with Gasteiger partial charge in [-0.15, -0.1) is 0 Å². The average molecular weight is 315 g/mol. The van der Waals surface area contributed by atoms with Crippen molar-refractivity contribution in [2.75, 3.05) is 0 Å². The van der Waals surface area contributed by atoms with Crippen LogP contribution in [-0.4, -0.2) is 23.1 Å². The maximum Gasteiger partial charge on any atom is 0.408 e. The predicted octanol–water partition coefficient (Wildman–Crippen LogP) is 3.48. The van der Waals surface area contributed by atoms with Gasteiger partial charge in [-0.05, 0) is 44.5 Å². The number of amides is 1. The molecule has 0 saturated carbocycles. The largest absolute Gasteiger partial charge is 0.508 e. The zero-order valence-electron chi connectivity index (χ0n) is 13.7. The number of fused-ring (bicyclic) bond motifs is 1. The van der Waals surface area contributed by atoms with Gasteiger partial charge in [-0.25, -0.2) is 4.79 Å². The molecule has 0 spiro atoms. The second-order valence-electron chi connectivity index (χ2n) is 6.63. The molecule has 0 aliphatic heterocycles. The van der Waals surface area contributed by atoms with Gasteiger partial charge < -0.3 is 20.0 Å². The molecule has 122 valence electrons. The molecule has 1 amide bonds. The lowest BCUT2D eigenvalue weighted by molar-refractivity contribution is -0.113. The van der Waals surface area contributed by atoms with Crippen LogP contribution in [0.3, 0.4) is 0 Å². The molecule has 0 aliphatic rings. The number of nitrogens with one attached hydrogen (secondary N) is 1. The second-order valence-corrected chi connectivity index (χ2v) is 6.63. The number of rotatable bonds is 3. The average Bonchev–Trinajstić information content (AvgIpc) is 2.44. The van der Waals surface area contributed by atoms with Crippen LogP contribution in [0.2, 0.25) is 0 Å². The molecule has 0 heterocycles. The predicted molar refractivity (Wildman–Crippen MR) is 88.4 cm³/mol. The first-order valence-corrected chi connectivity index (χ1v) is 7.35. The molecule has 0 aromatic heterocycles. The summed E-state index contributed by atoms with van der Waals surface area (Å²) in [6.07, 6.45) is -0.127. The monoisotopic (exact) mass is 315 g/mol. The van der Waals surface area contributed by atoms with Crippen LogP contribution in [0.15, 0.2) is 36.4 Å². The number of aromatic hydroxyl groups is 1. The van der Waals surface area contributed by atoms with Crippen LogP contribution >= 0.6 is 0 Å². The second kappa shape index (κ2) is 5.91. The lowest BCUT2D eigenvalue weighted by atomic mass is 9.88. The molecule has 5 nitrogen and oxygen atoms in total. The van der Waals surface area contributed by atoms with Gasteiger partial charge >= 0.3 is 6.09 Å². The summed E-state index contributed by atoms with van der Waals surface area (Å²) in [7, 11) is 0. The highest BCUT2D eigenvalue weighted by Crippen LogP contribution is 2.35. The molecule has 0 bridgehead atoms. The minimum absolute atomic E-state index is 0.0608. The van der Waals surface area contributed by atoms with Crippen LogP contribution in [0.25, 0.3) is 10.8 Å². The van der Waals surface area contributed by atoms with Gasteiger partial charge in [-0.3, -0.25) is 0 Å². The third-order valence-electron chi connectivity index (χ3n) is 3.42. The van der Waals surface area contributed by atoms with Crippen molar-refractivity contribution in [1.82, 2.24) is 5.32 Å². The zero-order chi connectivity index (χ0) is 17.3. The summed E-state index contributed by atoms with van der Waals surface area (Å²) < 4.78 is 5.22. The number of alkyl carbamates (subject to hydrolysis) is 1. The Morgan fingerprint density at radius 2 is 1.78 bits per heavy atom. The summed E-state index contributed by atoms with van der Waals surface area (Å²) in [5.41, 5.74) is -1.75. The molecule has 0 fully saturated rings. The van der Waals surface area contributed by atoms with Crippen LogP contribution in [0.4, 0.5) is 4.79 Å². The Morgan fingerprint density at radius 1 is 1.13 bits per heavy atom. The van der Waals surface area contributed by atoms with Gasteiger partial charge in [-0.1, -0.05) is 30.3 Å². The minimum Gasteiger partial charge on any atom is -0.508 e. The van der Waals surface area contributed by atoms with Crippen molar-refractivity contribution < 1.29 is 19.4 Å². The summed E-state index contributed by atoms with van der Waals surface area (Å²) in [5, 5.41) is 14.4. The fraction of sp³-hybridized carbons (Fsp3) is 0.333. The lowest BCUT2D eigenvalue weighted by Crippen LogP contribution is -2.47. The number of carbonyl (C=O) groups is 2. The van der Waals surface area contributed by atoms with Gasteiger partial charge in [0.25, 0.3) is 0 Å². The van der Waals surface area contributed by atoms with E-state index in [1.165, 1.54) is 13.0 Å². The van der Waals surface area contributed by atoms with Crippen LogP contribution in [0.5, 0.6) is 5.75 Å². The lowest BCUT2D eigenvalue weighted by Gasteiger charge is -2.29. The van der Waals surface area contributed by atoms with Gasteiger partial charge in [0.1, 0.15) is 23.2 Å². The summed E-state index contributed by atoms with van der Waals surface area (Å²) >= 11 is 0. The maximum atomic E-state index is 12.1. The number of benzene rings is 2. The zero-order valence-corrected chi connectivity index (χ0v) is 13.7. The number of hydrogen-bond acceptors (Lipinski definition) is 4. The number of phenols is 1. The normalized spacial score (nSPS) is 14.1. The highest BCUT2D eigenvalue weighted by Gasteiger charge is 2.34. The number of carbonyl (C=O) groups excluding carboxylic acids is 2. The fourth-order valence-electron chi connectivity index (χ4n) is 2.47. The van der Waals surface area contributed by atoms with E-state index >= 15 is 0 Å². The third-order valence-corrected chi connectivity index (χ3v) is 3.42. The summed E-state index contributed by atoms with van der Waals surface area (Å²) in [5.74, 6) is -0.0608. The fourth-order valence-corrected chi connectivity index (χ4v) is 2.47. The van der Waals surface area contributed by atoms with E-state index in [1.807, 2.05) is 18.2 Å². The van der Waals surface area contributed by atoms with Gasteiger partial charge in [0.15, 0.2) is 0 Å². The van der Waals surface area contributed by atoms with E-state index in [1.54, 1.807) is 32.9 Å². The minimum atomic E-state index is -1.41. The van der Waals surface area contributed by atoms with Gasteiger partial charge in [0.05, 0.1) is 0 Å². The molecule has 0 saturated heterocycles. The van der Waals surface area contributed by atoms with Crippen molar-refractivity contribution >= 4 is 23.2 Å². The molecular weight excluding hydrogens is 294 g/mol. The Balaban J connectivity index is 2.50. The first kappa shape index (κ1) is 16.8.